The maximum absolute atomic E-state index is 10.7. The molecule has 3 aromatic heterocycles. The Morgan fingerprint density at radius 3 is 1.47 bits per heavy atom. The van der Waals surface area contributed by atoms with Crippen molar-refractivity contribution in [2.24, 2.45) is 0 Å². The van der Waals surface area contributed by atoms with Crippen LogP contribution in [0.3, 0.4) is 0 Å². The predicted molar refractivity (Wildman–Crippen MR) is 197 cm³/mol. The molecule has 0 N–H and O–H groups in total. The predicted octanol–water partition coefficient (Wildman–Crippen LogP) is 11.2. The van der Waals surface area contributed by atoms with Crippen LogP contribution in [0, 0.1) is 22.7 Å². The van der Waals surface area contributed by atoms with Crippen molar-refractivity contribution in [1.82, 2.24) is 9.13 Å². The first-order valence-corrected chi connectivity index (χ1v) is 16.2. The summed E-state index contributed by atoms with van der Waals surface area (Å²) in [6, 6.07) is 54.0. The fraction of sp³-hybridized carbons (Fsp3) is 0. The summed E-state index contributed by atoms with van der Waals surface area (Å²) in [5.41, 5.74) is 9.97. The van der Waals surface area contributed by atoms with Crippen LogP contribution < -0.4 is 0 Å². The molecule has 0 unspecified atom stereocenters. The molecular formula is C44H24N4O. The molecule has 0 radical (unpaired) electrons. The van der Waals surface area contributed by atoms with Crippen molar-refractivity contribution in [1.29, 1.82) is 10.5 Å². The van der Waals surface area contributed by atoms with E-state index in [1.54, 1.807) is 0 Å². The Morgan fingerprint density at radius 1 is 0.388 bits per heavy atom. The first-order valence-electron chi connectivity index (χ1n) is 16.2. The molecule has 0 saturated heterocycles. The summed E-state index contributed by atoms with van der Waals surface area (Å²) in [6.07, 6.45) is 0. The first kappa shape index (κ1) is 27.1. The summed E-state index contributed by atoms with van der Waals surface area (Å²) in [5.74, 6) is 0. The van der Waals surface area contributed by atoms with Crippen molar-refractivity contribution in [3.8, 4) is 34.6 Å². The van der Waals surface area contributed by atoms with Gasteiger partial charge in [0.25, 0.3) is 0 Å². The van der Waals surface area contributed by atoms with Crippen molar-refractivity contribution in [2.45, 2.75) is 0 Å². The number of aromatic nitrogens is 2. The van der Waals surface area contributed by atoms with Crippen LogP contribution in [0.15, 0.2) is 150 Å². The van der Waals surface area contributed by atoms with Crippen LogP contribution in [0.4, 0.5) is 0 Å². The molecule has 3 heterocycles. The minimum absolute atomic E-state index is 0.535. The van der Waals surface area contributed by atoms with Gasteiger partial charge in [-0.3, -0.25) is 0 Å². The van der Waals surface area contributed by atoms with E-state index in [-0.39, 0.29) is 0 Å². The average Bonchev–Trinajstić information content (AvgIpc) is 3.81. The van der Waals surface area contributed by atoms with E-state index in [0.29, 0.717) is 11.1 Å². The quantitative estimate of drug-likeness (QED) is 0.196. The van der Waals surface area contributed by atoms with Gasteiger partial charge in [-0.2, -0.15) is 10.5 Å². The van der Waals surface area contributed by atoms with Crippen LogP contribution >= 0.6 is 0 Å². The molecule has 0 aliphatic heterocycles. The van der Waals surface area contributed by atoms with Crippen molar-refractivity contribution in [3.63, 3.8) is 0 Å². The Labute approximate surface area is 280 Å². The molecule has 0 atom stereocenters. The third-order valence-electron chi connectivity index (χ3n) is 9.81. The van der Waals surface area contributed by atoms with E-state index >= 15 is 0 Å². The second-order valence-electron chi connectivity index (χ2n) is 12.3. The van der Waals surface area contributed by atoms with Gasteiger partial charge in [0.2, 0.25) is 0 Å². The molecule has 0 bridgehead atoms. The monoisotopic (exact) mass is 624 g/mol. The van der Waals surface area contributed by atoms with Gasteiger partial charge in [0.05, 0.1) is 44.6 Å². The zero-order valence-electron chi connectivity index (χ0n) is 26.1. The van der Waals surface area contributed by atoms with Gasteiger partial charge in [-0.1, -0.05) is 97.1 Å². The topological polar surface area (TPSA) is 70.6 Å². The number of fused-ring (bicyclic) bond motifs is 10. The molecule has 0 aliphatic rings. The Hall–Kier alpha value is -7.08. The lowest BCUT2D eigenvalue weighted by molar-refractivity contribution is 0.669. The van der Waals surface area contributed by atoms with Crippen LogP contribution in [-0.4, -0.2) is 9.13 Å². The lowest BCUT2D eigenvalue weighted by atomic mass is 9.95. The number of rotatable bonds is 3. The summed E-state index contributed by atoms with van der Waals surface area (Å²) < 4.78 is 10.7. The standard InChI is InChI=1S/C44H24N4O/c45-25-27-11-9-17-31(43(27)47-35-19-5-1-13-29(35)30-14-2-6-20-36(30)47)32-18-10-12-28(26-46)44(32)48-37-21-7-3-15-33(37)41-38(48)23-24-40-42(41)34-16-4-8-22-39(34)49-40/h1-24H. The van der Waals surface area contributed by atoms with E-state index in [1.807, 2.05) is 78.9 Å². The van der Waals surface area contributed by atoms with E-state index < -0.39 is 0 Å². The molecule has 5 nitrogen and oxygen atoms in total. The highest BCUT2D eigenvalue weighted by Gasteiger charge is 2.25. The minimum Gasteiger partial charge on any atom is -0.456 e. The highest BCUT2D eigenvalue weighted by atomic mass is 16.3. The smallest absolute Gasteiger partial charge is 0.136 e. The van der Waals surface area contributed by atoms with E-state index in [2.05, 4.69) is 88.0 Å². The third-order valence-corrected chi connectivity index (χ3v) is 9.81. The van der Waals surface area contributed by atoms with Gasteiger partial charge < -0.3 is 13.6 Å². The van der Waals surface area contributed by atoms with Crippen LogP contribution in [0.25, 0.3) is 88.1 Å². The number of para-hydroxylation sites is 6. The molecule has 0 aliphatic carbocycles. The SMILES string of the molecule is N#Cc1cccc(-c2cccc(C#N)c2-n2c3ccccc3c3c4c(ccc32)oc2ccccc24)c1-n1c2ccccc2c2ccccc21. The van der Waals surface area contributed by atoms with Crippen molar-refractivity contribution >= 4 is 65.6 Å². The van der Waals surface area contributed by atoms with Gasteiger partial charge in [-0.05, 0) is 48.5 Å². The molecule has 0 spiro atoms. The zero-order chi connectivity index (χ0) is 32.6. The van der Waals surface area contributed by atoms with Gasteiger partial charge in [0.1, 0.15) is 23.3 Å². The highest BCUT2D eigenvalue weighted by Crippen LogP contribution is 2.45. The number of hydrogen-bond donors (Lipinski definition) is 0. The number of nitrogens with zero attached hydrogens (tertiary/aromatic N) is 4. The third kappa shape index (κ3) is 3.67. The maximum Gasteiger partial charge on any atom is 0.136 e. The van der Waals surface area contributed by atoms with Gasteiger partial charge in [0, 0.05) is 43.4 Å². The van der Waals surface area contributed by atoms with E-state index in [1.165, 1.54) is 0 Å². The molecule has 49 heavy (non-hydrogen) atoms. The number of nitriles is 2. The van der Waals surface area contributed by atoms with Gasteiger partial charge in [0.15, 0.2) is 0 Å². The van der Waals surface area contributed by atoms with E-state index in [9.17, 15) is 10.5 Å². The molecular weight excluding hydrogens is 601 g/mol. The van der Waals surface area contributed by atoms with Crippen molar-refractivity contribution in [2.75, 3.05) is 0 Å². The largest absolute Gasteiger partial charge is 0.456 e. The Balaban J connectivity index is 1.37. The summed E-state index contributed by atoms with van der Waals surface area (Å²) >= 11 is 0. The van der Waals surface area contributed by atoms with Gasteiger partial charge in [-0.15, -0.1) is 0 Å². The normalized spacial score (nSPS) is 11.6. The fourth-order valence-corrected chi connectivity index (χ4v) is 7.86. The lowest BCUT2D eigenvalue weighted by Gasteiger charge is -2.20. The van der Waals surface area contributed by atoms with Crippen molar-refractivity contribution in [3.05, 3.63) is 157 Å². The first-order chi connectivity index (χ1) is 24.3. The van der Waals surface area contributed by atoms with Crippen LogP contribution in [0.1, 0.15) is 11.1 Å². The molecule has 0 amide bonds. The second kappa shape index (κ2) is 10.2. The van der Waals surface area contributed by atoms with Crippen LogP contribution in [0.2, 0.25) is 0 Å². The number of benzene rings is 7. The van der Waals surface area contributed by atoms with Gasteiger partial charge in [-0.25, -0.2) is 0 Å². The molecule has 5 heteroatoms. The fourth-order valence-electron chi connectivity index (χ4n) is 7.86. The van der Waals surface area contributed by atoms with E-state index in [4.69, 9.17) is 4.42 Å². The summed E-state index contributed by atoms with van der Waals surface area (Å²) in [7, 11) is 0. The molecule has 10 aromatic rings. The van der Waals surface area contributed by atoms with Crippen molar-refractivity contribution < 1.29 is 4.42 Å². The van der Waals surface area contributed by atoms with Gasteiger partial charge >= 0.3 is 0 Å². The highest BCUT2D eigenvalue weighted by molar-refractivity contribution is 6.27. The lowest BCUT2D eigenvalue weighted by Crippen LogP contribution is -2.05. The maximum atomic E-state index is 10.7. The Kier molecular flexibility index (Phi) is 5.64. The summed E-state index contributed by atoms with van der Waals surface area (Å²) in [6.45, 7) is 0. The average molecular weight is 625 g/mol. The second-order valence-corrected chi connectivity index (χ2v) is 12.3. The summed E-state index contributed by atoms with van der Waals surface area (Å²) in [5, 5.41) is 27.8. The Morgan fingerprint density at radius 2 is 0.878 bits per heavy atom. The van der Waals surface area contributed by atoms with Crippen LogP contribution in [0.5, 0.6) is 0 Å². The molecule has 10 rings (SSSR count). The minimum atomic E-state index is 0.535. The van der Waals surface area contributed by atoms with Crippen LogP contribution in [-0.2, 0) is 0 Å². The molecule has 0 saturated carbocycles. The number of furan rings is 1. The Bertz CT molecular complexity index is 3030. The molecule has 7 aromatic carbocycles. The molecule has 226 valence electrons. The molecule has 0 fully saturated rings. The summed E-state index contributed by atoms with van der Waals surface area (Å²) in [4.78, 5) is 0. The zero-order valence-corrected chi connectivity index (χ0v) is 26.1. The number of hydrogen-bond acceptors (Lipinski definition) is 3. The van der Waals surface area contributed by atoms with E-state index in [0.717, 1.165) is 88.1 Å².